The van der Waals surface area contributed by atoms with Crippen molar-refractivity contribution in [2.45, 2.75) is 360 Å². The molecule has 6 heteroatoms. The number of carbonyl (C=O) groups excluding carboxylic acids is 2. The molecule has 0 fully saturated rings. The van der Waals surface area contributed by atoms with Crippen LogP contribution < -0.4 is 5.32 Å². The lowest BCUT2D eigenvalue weighted by Gasteiger charge is -2.20. The lowest BCUT2D eigenvalue weighted by Crippen LogP contribution is -2.45. The van der Waals surface area contributed by atoms with Crippen LogP contribution in [0.25, 0.3) is 0 Å². The van der Waals surface area contributed by atoms with E-state index in [1.807, 2.05) is 6.08 Å². The van der Waals surface area contributed by atoms with Crippen LogP contribution in [0, 0.1) is 0 Å². The molecule has 0 aromatic heterocycles. The number of ether oxygens (including phenoxy) is 1. The van der Waals surface area contributed by atoms with Crippen LogP contribution in [0.15, 0.2) is 24.3 Å². The first-order chi connectivity index (χ1) is 34.5. The summed E-state index contributed by atoms with van der Waals surface area (Å²) in [5, 5.41) is 23.2. The molecule has 0 radical (unpaired) electrons. The second-order valence-electron chi connectivity index (χ2n) is 21.7. The molecule has 0 aromatic carbocycles. The largest absolute Gasteiger partial charge is 0.466 e. The minimum atomic E-state index is -0.849. The van der Waals surface area contributed by atoms with E-state index < -0.39 is 12.1 Å². The van der Waals surface area contributed by atoms with Gasteiger partial charge in [-0.15, -0.1) is 0 Å². The Morgan fingerprint density at radius 2 is 0.671 bits per heavy atom. The fourth-order valence-corrected chi connectivity index (χ4v) is 9.87. The standard InChI is InChI=1S/C64H123NO5/c1-3-5-7-9-11-13-15-17-19-20-21-22-23-24-26-29-32-36-40-44-48-52-56-62(67)61(60-66)65-63(68)57-53-49-45-41-37-33-30-27-25-28-31-35-39-43-47-51-55-59-70-64(69)58-54-50-46-42-38-34-18-16-14-12-10-8-6-4-2/h16,18,52,56,61-62,66-67H,3-15,17,19-51,53-55,57-60H2,1-2H3,(H,65,68)/b18-16-,56-52+. The fourth-order valence-electron chi connectivity index (χ4n) is 9.87. The Hall–Kier alpha value is -1.66. The number of allylic oxidation sites excluding steroid dienone is 3. The minimum absolute atomic E-state index is 0.00343. The van der Waals surface area contributed by atoms with Gasteiger partial charge < -0.3 is 20.3 Å². The van der Waals surface area contributed by atoms with Gasteiger partial charge in [0.15, 0.2) is 0 Å². The Bertz CT molecular complexity index is 1090. The van der Waals surface area contributed by atoms with Crippen LogP contribution in [0.5, 0.6) is 0 Å². The molecule has 0 aromatic rings. The molecule has 1 amide bonds. The Labute approximate surface area is 437 Å². The molecule has 2 atom stereocenters. The van der Waals surface area contributed by atoms with Gasteiger partial charge in [-0.05, 0) is 57.8 Å². The van der Waals surface area contributed by atoms with Gasteiger partial charge in [0.1, 0.15) is 0 Å². The third kappa shape index (κ3) is 55.7. The summed E-state index contributed by atoms with van der Waals surface area (Å²) in [5.41, 5.74) is 0. The molecule has 414 valence electrons. The Morgan fingerprint density at radius 1 is 0.386 bits per heavy atom. The highest BCUT2D eigenvalue weighted by atomic mass is 16.5. The number of amides is 1. The highest BCUT2D eigenvalue weighted by Gasteiger charge is 2.18. The molecule has 0 aliphatic rings. The van der Waals surface area contributed by atoms with Crippen LogP contribution in [0.3, 0.4) is 0 Å². The van der Waals surface area contributed by atoms with E-state index >= 15 is 0 Å². The van der Waals surface area contributed by atoms with Gasteiger partial charge in [0.25, 0.3) is 0 Å². The summed E-state index contributed by atoms with van der Waals surface area (Å²) in [5.74, 6) is -0.0735. The van der Waals surface area contributed by atoms with Crippen molar-refractivity contribution < 1.29 is 24.5 Å². The van der Waals surface area contributed by atoms with E-state index in [1.165, 1.54) is 276 Å². The van der Waals surface area contributed by atoms with Gasteiger partial charge in [0.2, 0.25) is 5.91 Å². The third-order valence-electron chi connectivity index (χ3n) is 14.7. The molecule has 70 heavy (non-hydrogen) atoms. The van der Waals surface area contributed by atoms with Gasteiger partial charge in [-0.1, -0.05) is 301 Å². The Kier molecular flexibility index (Phi) is 58.5. The summed E-state index contributed by atoms with van der Waals surface area (Å²) >= 11 is 0. The predicted octanol–water partition coefficient (Wildman–Crippen LogP) is 19.8. The zero-order chi connectivity index (χ0) is 50.7. The number of aliphatic hydroxyl groups excluding tert-OH is 2. The molecule has 6 nitrogen and oxygen atoms in total. The Morgan fingerprint density at radius 3 is 1.01 bits per heavy atom. The van der Waals surface area contributed by atoms with Crippen molar-refractivity contribution in [1.82, 2.24) is 5.32 Å². The van der Waals surface area contributed by atoms with Gasteiger partial charge in [-0.2, -0.15) is 0 Å². The highest BCUT2D eigenvalue weighted by Crippen LogP contribution is 2.18. The first kappa shape index (κ1) is 68.3. The van der Waals surface area contributed by atoms with E-state index in [4.69, 9.17) is 4.74 Å². The number of hydrogen-bond acceptors (Lipinski definition) is 5. The predicted molar refractivity (Wildman–Crippen MR) is 306 cm³/mol. The van der Waals surface area contributed by atoms with E-state index in [0.717, 1.165) is 44.9 Å². The quantitative estimate of drug-likeness (QED) is 0.0321. The second-order valence-corrected chi connectivity index (χ2v) is 21.7. The number of aliphatic hydroxyl groups is 2. The number of esters is 1. The Balaban J connectivity index is 3.45. The molecular formula is C64H123NO5. The van der Waals surface area contributed by atoms with Crippen LogP contribution >= 0.6 is 0 Å². The maximum atomic E-state index is 12.5. The molecule has 2 unspecified atom stereocenters. The smallest absolute Gasteiger partial charge is 0.305 e. The van der Waals surface area contributed by atoms with Gasteiger partial charge in [0, 0.05) is 12.8 Å². The maximum absolute atomic E-state index is 12.5. The van der Waals surface area contributed by atoms with Crippen LogP contribution in [0.2, 0.25) is 0 Å². The van der Waals surface area contributed by atoms with E-state index in [-0.39, 0.29) is 18.5 Å². The van der Waals surface area contributed by atoms with Crippen LogP contribution in [0.4, 0.5) is 0 Å². The van der Waals surface area contributed by atoms with Crippen molar-refractivity contribution in [3.05, 3.63) is 24.3 Å². The lowest BCUT2D eigenvalue weighted by atomic mass is 10.0. The van der Waals surface area contributed by atoms with Gasteiger partial charge in [-0.3, -0.25) is 9.59 Å². The molecule has 0 aliphatic carbocycles. The SMILES string of the molecule is CCCCCCC/C=C\CCCCCCCC(=O)OCCCCCCCCCCCCCCCCCCCC(=O)NC(CO)C(O)/C=C/CCCCCCCCCCCCCCCCCCCCCC. The number of hydrogen-bond donors (Lipinski definition) is 3. The summed E-state index contributed by atoms with van der Waals surface area (Å²) < 4.78 is 5.47. The van der Waals surface area contributed by atoms with E-state index in [0.29, 0.717) is 19.4 Å². The molecule has 0 spiro atoms. The number of carbonyl (C=O) groups is 2. The highest BCUT2D eigenvalue weighted by molar-refractivity contribution is 5.76. The monoisotopic (exact) mass is 986 g/mol. The van der Waals surface area contributed by atoms with Gasteiger partial charge >= 0.3 is 5.97 Å². The molecular weight excluding hydrogens is 863 g/mol. The van der Waals surface area contributed by atoms with E-state index in [9.17, 15) is 19.8 Å². The summed E-state index contributed by atoms with van der Waals surface area (Å²) in [4.78, 5) is 24.5. The second kappa shape index (κ2) is 59.9. The zero-order valence-electron chi connectivity index (χ0n) is 47.3. The first-order valence-electron chi connectivity index (χ1n) is 31.6. The van der Waals surface area contributed by atoms with Crippen molar-refractivity contribution in [3.63, 3.8) is 0 Å². The van der Waals surface area contributed by atoms with Crippen LogP contribution in [0.1, 0.15) is 348 Å². The normalized spacial score (nSPS) is 12.7. The van der Waals surface area contributed by atoms with Crippen molar-refractivity contribution >= 4 is 11.9 Å². The summed E-state index contributed by atoms with van der Waals surface area (Å²) in [6.07, 6.45) is 73.6. The van der Waals surface area contributed by atoms with Crippen molar-refractivity contribution in [2.75, 3.05) is 13.2 Å². The summed E-state index contributed by atoms with van der Waals surface area (Å²) in [7, 11) is 0. The summed E-state index contributed by atoms with van der Waals surface area (Å²) in [6, 6.07) is -0.633. The maximum Gasteiger partial charge on any atom is 0.305 e. The molecule has 0 heterocycles. The summed E-state index contributed by atoms with van der Waals surface area (Å²) in [6.45, 7) is 4.91. The number of rotatable bonds is 59. The van der Waals surface area contributed by atoms with Gasteiger partial charge in [0.05, 0.1) is 25.4 Å². The topological polar surface area (TPSA) is 95.9 Å². The van der Waals surface area contributed by atoms with E-state index in [1.54, 1.807) is 6.08 Å². The molecule has 0 aliphatic heterocycles. The van der Waals surface area contributed by atoms with Crippen LogP contribution in [-0.4, -0.2) is 47.4 Å². The van der Waals surface area contributed by atoms with E-state index in [2.05, 4.69) is 31.3 Å². The van der Waals surface area contributed by atoms with Gasteiger partial charge in [-0.25, -0.2) is 0 Å². The molecule has 0 bridgehead atoms. The lowest BCUT2D eigenvalue weighted by molar-refractivity contribution is -0.143. The van der Waals surface area contributed by atoms with Crippen molar-refractivity contribution in [3.8, 4) is 0 Å². The average Bonchev–Trinajstić information content (AvgIpc) is 3.36. The van der Waals surface area contributed by atoms with Crippen molar-refractivity contribution in [2.24, 2.45) is 0 Å². The number of unbranched alkanes of at least 4 members (excludes halogenated alkanes) is 46. The van der Waals surface area contributed by atoms with Crippen molar-refractivity contribution in [1.29, 1.82) is 0 Å². The zero-order valence-corrected chi connectivity index (χ0v) is 47.3. The first-order valence-corrected chi connectivity index (χ1v) is 31.6. The minimum Gasteiger partial charge on any atom is -0.466 e. The average molecular weight is 987 g/mol. The fraction of sp³-hybridized carbons (Fsp3) is 0.906. The molecule has 0 saturated heterocycles. The molecule has 3 N–H and O–H groups in total. The number of nitrogens with one attached hydrogen (secondary N) is 1. The van der Waals surface area contributed by atoms with Crippen LogP contribution in [-0.2, 0) is 14.3 Å². The molecule has 0 rings (SSSR count). The molecule has 0 saturated carbocycles. The third-order valence-corrected chi connectivity index (χ3v) is 14.7.